The van der Waals surface area contributed by atoms with Gasteiger partial charge in [0.05, 0.1) is 30.5 Å². The Kier molecular flexibility index (Phi) is 6.70. The highest BCUT2D eigenvalue weighted by atomic mass is 32.1. The molecule has 0 amide bonds. The van der Waals surface area contributed by atoms with Gasteiger partial charge in [0.25, 0.3) is 0 Å². The maximum atomic E-state index is 15.4. The second-order valence-electron chi connectivity index (χ2n) is 9.23. The van der Waals surface area contributed by atoms with E-state index in [9.17, 15) is 4.39 Å². The van der Waals surface area contributed by atoms with Gasteiger partial charge in [-0.2, -0.15) is 27.4 Å². The van der Waals surface area contributed by atoms with Gasteiger partial charge < -0.3 is 14.5 Å². The minimum Gasteiger partial charge on any atom is -0.341 e. The summed E-state index contributed by atoms with van der Waals surface area (Å²) in [6, 6.07) is 10.0. The van der Waals surface area contributed by atoms with E-state index >= 15 is 13.2 Å². The Morgan fingerprint density at radius 1 is 1.08 bits per heavy atom. The molecule has 1 aromatic carbocycles. The van der Waals surface area contributed by atoms with Gasteiger partial charge in [-0.15, -0.1) is 10.2 Å². The van der Waals surface area contributed by atoms with E-state index in [1.54, 1.807) is 41.0 Å². The van der Waals surface area contributed by atoms with Crippen LogP contribution in [0, 0.1) is 12.7 Å². The average molecular weight is 557 g/mol. The first kappa shape index (κ1) is 26.5. The highest BCUT2D eigenvalue weighted by Gasteiger charge is 2.43. The fourth-order valence-electron chi connectivity index (χ4n) is 4.73. The molecule has 1 N–H and O–H groups in total. The molecule has 0 saturated carbocycles. The van der Waals surface area contributed by atoms with Crippen LogP contribution in [-0.2, 0) is 26.1 Å². The molecule has 0 bridgehead atoms. The molecule has 6 rings (SSSR count). The maximum absolute atomic E-state index is 15.4. The number of aromatic nitrogens is 7. The third-order valence-corrected chi connectivity index (χ3v) is 6.64. The SMILES string of the molecule is Cc1cnc(Nc2ccnn2C)cc1-c1cc2n(c1)C[C@H](F)Cn1c-2nnc1C(F)(F)c1ccccc1F.S. The third-order valence-electron chi connectivity index (χ3n) is 6.64. The smallest absolute Gasteiger partial charge is 0.334 e. The number of fused-ring (bicyclic) bond motifs is 3. The Balaban J connectivity index is 0.00000308. The molecule has 0 fully saturated rings. The first-order chi connectivity index (χ1) is 18.2. The van der Waals surface area contributed by atoms with Gasteiger partial charge in [-0.3, -0.25) is 4.68 Å². The van der Waals surface area contributed by atoms with E-state index in [2.05, 4.69) is 25.6 Å². The van der Waals surface area contributed by atoms with Crippen molar-refractivity contribution < 1.29 is 17.6 Å². The number of anilines is 2. The Hall–Kier alpha value is -4.13. The zero-order valence-corrected chi connectivity index (χ0v) is 21.9. The second kappa shape index (κ2) is 9.88. The predicted molar refractivity (Wildman–Crippen MR) is 143 cm³/mol. The first-order valence-corrected chi connectivity index (χ1v) is 11.9. The molecule has 4 aromatic heterocycles. The summed E-state index contributed by atoms with van der Waals surface area (Å²) in [6.45, 7) is 1.45. The molecule has 0 unspecified atom stereocenters. The lowest BCUT2D eigenvalue weighted by molar-refractivity contribution is 0.0238. The summed E-state index contributed by atoms with van der Waals surface area (Å²) in [5.74, 6) is -4.28. The zero-order valence-electron chi connectivity index (χ0n) is 20.9. The number of nitrogens with one attached hydrogen (secondary N) is 1. The van der Waals surface area contributed by atoms with Gasteiger partial charge in [0, 0.05) is 31.1 Å². The molecule has 0 aliphatic carbocycles. The van der Waals surface area contributed by atoms with Crippen molar-refractivity contribution >= 4 is 25.1 Å². The summed E-state index contributed by atoms with van der Waals surface area (Å²) in [5, 5.41) is 15.1. The van der Waals surface area contributed by atoms with E-state index in [1.807, 2.05) is 19.1 Å². The summed E-state index contributed by atoms with van der Waals surface area (Å²) in [5.41, 5.74) is 2.02. The van der Waals surface area contributed by atoms with Gasteiger partial charge in [-0.1, -0.05) is 12.1 Å². The van der Waals surface area contributed by atoms with E-state index in [1.165, 1.54) is 12.1 Å². The van der Waals surface area contributed by atoms with Gasteiger partial charge >= 0.3 is 5.92 Å². The van der Waals surface area contributed by atoms with Crippen LogP contribution in [0.3, 0.4) is 0 Å². The molecule has 13 heteroatoms. The Labute approximate surface area is 227 Å². The molecule has 1 atom stereocenters. The fourth-order valence-corrected chi connectivity index (χ4v) is 4.73. The quantitative estimate of drug-likeness (QED) is 0.296. The Morgan fingerprint density at radius 2 is 1.87 bits per heavy atom. The topological polar surface area (TPSA) is 78.4 Å². The number of halogens is 4. The van der Waals surface area contributed by atoms with E-state index in [0.717, 1.165) is 39.2 Å². The largest absolute Gasteiger partial charge is 0.341 e. The number of alkyl halides is 3. The maximum Gasteiger partial charge on any atom is 0.334 e. The molecule has 202 valence electrons. The van der Waals surface area contributed by atoms with Crippen LogP contribution in [0.25, 0.3) is 22.6 Å². The number of aryl methyl sites for hydroxylation is 2. The van der Waals surface area contributed by atoms with E-state index in [4.69, 9.17) is 0 Å². The van der Waals surface area contributed by atoms with Crippen LogP contribution in [-0.4, -0.2) is 40.3 Å². The van der Waals surface area contributed by atoms with Crippen LogP contribution < -0.4 is 5.32 Å². The molecule has 0 saturated heterocycles. The number of rotatable bonds is 5. The minimum atomic E-state index is -3.81. The van der Waals surface area contributed by atoms with Gasteiger partial charge in [-0.05, 0) is 42.3 Å². The van der Waals surface area contributed by atoms with E-state index in [0.29, 0.717) is 11.5 Å². The molecule has 0 spiro atoms. The molecule has 1 aliphatic heterocycles. The summed E-state index contributed by atoms with van der Waals surface area (Å²) in [4.78, 5) is 4.43. The molecule has 39 heavy (non-hydrogen) atoms. The lowest BCUT2D eigenvalue weighted by Crippen LogP contribution is -2.25. The number of benzene rings is 1. The van der Waals surface area contributed by atoms with Crippen molar-refractivity contribution in [2.24, 2.45) is 7.05 Å². The van der Waals surface area contributed by atoms with Crippen molar-refractivity contribution in [1.82, 2.24) is 34.1 Å². The van der Waals surface area contributed by atoms with Crippen molar-refractivity contribution in [3.8, 4) is 22.6 Å². The Morgan fingerprint density at radius 3 is 2.62 bits per heavy atom. The zero-order chi connectivity index (χ0) is 26.6. The van der Waals surface area contributed by atoms with Crippen LogP contribution in [0.2, 0.25) is 0 Å². The fraction of sp³-hybridized carbons (Fsp3) is 0.231. The Bertz CT molecular complexity index is 1660. The highest BCUT2D eigenvalue weighted by molar-refractivity contribution is 7.59. The molecule has 1 aliphatic rings. The monoisotopic (exact) mass is 556 g/mol. The second-order valence-corrected chi connectivity index (χ2v) is 9.23. The lowest BCUT2D eigenvalue weighted by Gasteiger charge is -2.18. The predicted octanol–water partition coefficient (Wildman–Crippen LogP) is 5.34. The van der Waals surface area contributed by atoms with Crippen LogP contribution >= 0.6 is 13.5 Å². The number of hydrogen-bond acceptors (Lipinski definition) is 5. The number of pyridine rings is 1. The summed E-state index contributed by atoms with van der Waals surface area (Å²) in [6.07, 6.45) is 3.64. The summed E-state index contributed by atoms with van der Waals surface area (Å²) < 4.78 is 64.6. The summed E-state index contributed by atoms with van der Waals surface area (Å²) >= 11 is 0. The average Bonchev–Trinajstić information content (AvgIpc) is 3.58. The number of nitrogens with zero attached hydrogens (tertiary/aromatic N) is 7. The summed E-state index contributed by atoms with van der Waals surface area (Å²) in [7, 11) is 1.80. The highest BCUT2D eigenvalue weighted by Crippen LogP contribution is 2.40. The van der Waals surface area contributed by atoms with E-state index < -0.39 is 29.3 Å². The van der Waals surface area contributed by atoms with Crippen molar-refractivity contribution in [2.75, 3.05) is 5.32 Å². The van der Waals surface area contributed by atoms with Crippen LogP contribution in [0.5, 0.6) is 0 Å². The molecular formula is C26H24F4N8S. The van der Waals surface area contributed by atoms with Gasteiger partial charge in [0.1, 0.15) is 23.6 Å². The van der Waals surface area contributed by atoms with Gasteiger partial charge in [0.15, 0.2) is 5.82 Å². The van der Waals surface area contributed by atoms with Crippen molar-refractivity contribution in [3.05, 3.63) is 83.8 Å². The molecular weight excluding hydrogens is 532 g/mol. The van der Waals surface area contributed by atoms with E-state index in [-0.39, 0.29) is 32.4 Å². The third kappa shape index (κ3) is 4.56. The van der Waals surface area contributed by atoms with Crippen molar-refractivity contribution in [1.29, 1.82) is 0 Å². The molecule has 8 nitrogen and oxygen atoms in total. The lowest BCUT2D eigenvalue weighted by atomic mass is 10.0. The number of hydrogen-bond donors (Lipinski definition) is 1. The van der Waals surface area contributed by atoms with Crippen LogP contribution in [0.15, 0.2) is 61.1 Å². The van der Waals surface area contributed by atoms with Gasteiger partial charge in [0.2, 0.25) is 5.82 Å². The normalized spacial score (nSPS) is 14.8. The molecule has 5 aromatic rings. The molecule has 5 heterocycles. The standard InChI is InChI=1S/C26H22F4N8.H2S/c1-15-11-31-22(33-23-7-8-32-36(23)2)10-18(15)16-9-21-24-34-35-25(38(24)14-17(27)13-37(21)12-16)26(29,30)19-5-3-4-6-20(19)28;/h3-12,17H,13-14H2,1-2H3,(H,31,33);1H2/t17-;/m0./s1. The van der Waals surface area contributed by atoms with Crippen LogP contribution in [0.1, 0.15) is 17.0 Å². The van der Waals surface area contributed by atoms with Crippen LogP contribution in [0.4, 0.5) is 29.2 Å². The molecule has 0 radical (unpaired) electrons. The van der Waals surface area contributed by atoms with Crippen molar-refractivity contribution in [3.63, 3.8) is 0 Å². The first-order valence-electron chi connectivity index (χ1n) is 11.9. The van der Waals surface area contributed by atoms with Crippen molar-refractivity contribution in [2.45, 2.75) is 32.1 Å². The van der Waals surface area contributed by atoms with Gasteiger partial charge in [-0.25, -0.2) is 13.8 Å². The minimum absolute atomic E-state index is 0.